The van der Waals surface area contributed by atoms with Gasteiger partial charge in [-0.1, -0.05) is 19.3 Å². The Balaban J connectivity index is 1.83. The predicted octanol–water partition coefficient (Wildman–Crippen LogP) is 1.50. The number of carboxylic acid groups (broad SMARTS) is 1. The molecule has 3 N–H and O–H groups in total. The van der Waals surface area contributed by atoms with Crippen LogP contribution in [0.5, 0.6) is 0 Å². The Morgan fingerprint density at radius 2 is 1.70 bits per heavy atom. The fraction of sp³-hybridized carbons (Fsp3) is 0.857. The molecule has 1 atom stereocenters. The molecule has 0 spiro atoms. The van der Waals surface area contributed by atoms with E-state index in [1.165, 1.54) is 0 Å². The van der Waals surface area contributed by atoms with Crippen LogP contribution in [0.1, 0.15) is 44.9 Å². The van der Waals surface area contributed by atoms with Crippen LogP contribution in [0.25, 0.3) is 0 Å². The van der Waals surface area contributed by atoms with Gasteiger partial charge in [-0.05, 0) is 31.6 Å². The first kappa shape index (κ1) is 15.1. The minimum absolute atomic E-state index is 0.0571. The van der Waals surface area contributed by atoms with E-state index in [1.54, 1.807) is 0 Å². The van der Waals surface area contributed by atoms with Crippen LogP contribution in [0.2, 0.25) is 0 Å². The fourth-order valence-electron chi connectivity index (χ4n) is 3.06. The van der Waals surface area contributed by atoms with Crippen molar-refractivity contribution in [3.8, 4) is 0 Å². The SMILES string of the molecule is O=C(NC1CCOCC1)NC(C(=O)O)C1CCCCC1. The minimum Gasteiger partial charge on any atom is -0.480 e. The fourth-order valence-corrected chi connectivity index (χ4v) is 3.06. The molecule has 0 aromatic carbocycles. The molecule has 6 heteroatoms. The summed E-state index contributed by atoms with van der Waals surface area (Å²) >= 11 is 0. The standard InChI is InChI=1S/C14H24N2O4/c17-13(18)12(10-4-2-1-3-5-10)16-14(19)15-11-6-8-20-9-7-11/h10-12H,1-9H2,(H,17,18)(H2,15,16,19). The van der Waals surface area contributed by atoms with E-state index in [-0.39, 0.29) is 18.0 Å². The number of carboxylic acids is 1. The zero-order valence-corrected chi connectivity index (χ0v) is 11.8. The number of carbonyl (C=O) groups excluding carboxylic acids is 1. The van der Waals surface area contributed by atoms with Crippen LogP contribution >= 0.6 is 0 Å². The third kappa shape index (κ3) is 4.37. The molecular weight excluding hydrogens is 260 g/mol. The molecule has 1 saturated heterocycles. The predicted molar refractivity (Wildman–Crippen MR) is 73.5 cm³/mol. The van der Waals surface area contributed by atoms with E-state index >= 15 is 0 Å². The molecule has 0 aromatic heterocycles. The van der Waals surface area contributed by atoms with E-state index in [0.29, 0.717) is 13.2 Å². The second kappa shape index (κ2) is 7.47. The van der Waals surface area contributed by atoms with Crippen LogP contribution in [0.4, 0.5) is 4.79 Å². The summed E-state index contributed by atoms with van der Waals surface area (Å²) in [6.07, 6.45) is 6.61. The van der Waals surface area contributed by atoms with Crippen molar-refractivity contribution in [3.05, 3.63) is 0 Å². The van der Waals surface area contributed by atoms with Crippen LogP contribution in [0, 0.1) is 5.92 Å². The number of ether oxygens (including phenoxy) is 1. The van der Waals surface area contributed by atoms with Crippen molar-refractivity contribution in [3.63, 3.8) is 0 Å². The average molecular weight is 284 g/mol. The van der Waals surface area contributed by atoms with Gasteiger partial charge in [0.1, 0.15) is 6.04 Å². The lowest BCUT2D eigenvalue weighted by Crippen LogP contribution is -2.52. The largest absolute Gasteiger partial charge is 0.480 e. The molecular formula is C14H24N2O4. The lowest BCUT2D eigenvalue weighted by Gasteiger charge is -2.29. The van der Waals surface area contributed by atoms with Crippen molar-refractivity contribution in [2.24, 2.45) is 5.92 Å². The zero-order chi connectivity index (χ0) is 14.4. The summed E-state index contributed by atoms with van der Waals surface area (Å²) in [4.78, 5) is 23.3. The molecule has 1 aliphatic heterocycles. The first-order valence-corrected chi connectivity index (χ1v) is 7.54. The molecule has 0 aromatic rings. The average Bonchev–Trinajstić information content (AvgIpc) is 2.46. The van der Waals surface area contributed by atoms with Crippen LogP contribution in [-0.4, -0.2) is 42.4 Å². The highest BCUT2D eigenvalue weighted by molar-refractivity contribution is 5.82. The molecule has 20 heavy (non-hydrogen) atoms. The van der Waals surface area contributed by atoms with E-state index < -0.39 is 12.0 Å². The van der Waals surface area contributed by atoms with Crippen LogP contribution in [0.3, 0.4) is 0 Å². The van der Waals surface area contributed by atoms with Crippen LogP contribution < -0.4 is 10.6 Å². The van der Waals surface area contributed by atoms with Crippen LogP contribution in [0.15, 0.2) is 0 Å². The molecule has 1 aliphatic carbocycles. The molecule has 2 aliphatic rings. The van der Waals surface area contributed by atoms with E-state index in [0.717, 1.165) is 44.9 Å². The second-order valence-corrected chi connectivity index (χ2v) is 5.72. The summed E-state index contributed by atoms with van der Waals surface area (Å²) in [5.74, 6) is -0.874. The highest BCUT2D eigenvalue weighted by atomic mass is 16.5. The van der Waals surface area contributed by atoms with E-state index in [1.807, 2.05) is 0 Å². The monoisotopic (exact) mass is 284 g/mol. The first-order chi connectivity index (χ1) is 9.66. The van der Waals surface area contributed by atoms with Crippen molar-refractivity contribution in [2.75, 3.05) is 13.2 Å². The molecule has 1 heterocycles. The third-order valence-corrected chi connectivity index (χ3v) is 4.23. The van der Waals surface area contributed by atoms with E-state index in [2.05, 4.69) is 10.6 Å². The Hall–Kier alpha value is -1.30. The first-order valence-electron chi connectivity index (χ1n) is 7.54. The van der Waals surface area contributed by atoms with E-state index in [9.17, 15) is 14.7 Å². The molecule has 1 saturated carbocycles. The normalized spacial score (nSPS) is 23.0. The third-order valence-electron chi connectivity index (χ3n) is 4.23. The molecule has 2 amide bonds. The summed E-state index contributed by atoms with van der Waals surface area (Å²) in [7, 11) is 0. The second-order valence-electron chi connectivity index (χ2n) is 5.72. The van der Waals surface area contributed by atoms with E-state index in [4.69, 9.17) is 4.74 Å². The number of rotatable bonds is 4. The van der Waals surface area contributed by atoms with Gasteiger partial charge in [-0.3, -0.25) is 0 Å². The summed E-state index contributed by atoms with van der Waals surface area (Å²) in [6, 6.07) is -1.05. The van der Waals surface area contributed by atoms with Gasteiger partial charge in [0, 0.05) is 19.3 Å². The number of aliphatic carboxylic acids is 1. The molecule has 2 rings (SSSR count). The summed E-state index contributed by atoms with van der Waals surface area (Å²) in [6.45, 7) is 1.30. The van der Waals surface area contributed by atoms with Gasteiger partial charge in [-0.15, -0.1) is 0 Å². The number of urea groups is 1. The number of hydrogen-bond donors (Lipinski definition) is 3. The Morgan fingerprint density at radius 1 is 1.05 bits per heavy atom. The number of carbonyl (C=O) groups is 2. The maximum absolute atomic E-state index is 11.9. The van der Waals surface area contributed by atoms with Gasteiger partial charge in [-0.25, -0.2) is 9.59 Å². The summed E-state index contributed by atoms with van der Waals surface area (Å²) in [5, 5.41) is 14.8. The Kier molecular flexibility index (Phi) is 5.64. The van der Waals surface area contributed by atoms with Crippen molar-refractivity contribution in [2.45, 2.75) is 57.0 Å². The van der Waals surface area contributed by atoms with Gasteiger partial charge >= 0.3 is 12.0 Å². The number of hydrogen-bond acceptors (Lipinski definition) is 3. The maximum atomic E-state index is 11.9. The van der Waals surface area contributed by atoms with Crippen LogP contribution in [-0.2, 0) is 9.53 Å². The topological polar surface area (TPSA) is 87.7 Å². The molecule has 1 unspecified atom stereocenters. The van der Waals surface area contributed by atoms with Crippen molar-refractivity contribution in [1.82, 2.24) is 10.6 Å². The maximum Gasteiger partial charge on any atom is 0.326 e. The van der Waals surface area contributed by atoms with Gasteiger partial charge in [0.15, 0.2) is 0 Å². The van der Waals surface area contributed by atoms with Gasteiger partial charge in [-0.2, -0.15) is 0 Å². The van der Waals surface area contributed by atoms with Gasteiger partial charge in [0.2, 0.25) is 0 Å². The quantitative estimate of drug-likeness (QED) is 0.730. The summed E-state index contributed by atoms with van der Waals surface area (Å²) < 4.78 is 5.23. The van der Waals surface area contributed by atoms with Crippen molar-refractivity contribution < 1.29 is 19.4 Å². The Labute approximate surface area is 119 Å². The lowest BCUT2D eigenvalue weighted by molar-refractivity contribution is -0.141. The van der Waals surface area contributed by atoms with Crippen molar-refractivity contribution in [1.29, 1.82) is 0 Å². The highest BCUT2D eigenvalue weighted by Gasteiger charge is 2.31. The smallest absolute Gasteiger partial charge is 0.326 e. The summed E-state index contributed by atoms with van der Waals surface area (Å²) in [5.41, 5.74) is 0. The number of nitrogens with one attached hydrogen (secondary N) is 2. The molecule has 0 radical (unpaired) electrons. The molecule has 6 nitrogen and oxygen atoms in total. The van der Waals surface area contributed by atoms with Gasteiger partial charge < -0.3 is 20.5 Å². The minimum atomic E-state index is -0.931. The Bertz CT molecular complexity index is 336. The Morgan fingerprint density at radius 3 is 2.30 bits per heavy atom. The molecule has 2 fully saturated rings. The zero-order valence-electron chi connectivity index (χ0n) is 11.8. The number of amides is 2. The van der Waals surface area contributed by atoms with Gasteiger partial charge in [0.25, 0.3) is 0 Å². The highest BCUT2D eigenvalue weighted by Crippen LogP contribution is 2.26. The van der Waals surface area contributed by atoms with Gasteiger partial charge in [0.05, 0.1) is 0 Å². The van der Waals surface area contributed by atoms with Crippen molar-refractivity contribution >= 4 is 12.0 Å². The molecule has 0 bridgehead atoms. The lowest BCUT2D eigenvalue weighted by atomic mass is 9.84. The molecule has 114 valence electrons.